The topological polar surface area (TPSA) is 77.8 Å². The van der Waals surface area contributed by atoms with Crippen molar-refractivity contribution in [3.8, 4) is 12.1 Å². The summed E-state index contributed by atoms with van der Waals surface area (Å²) in [5.74, 6) is 0. The van der Waals surface area contributed by atoms with Crippen LogP contribution in [-0.2, 0) is 0 Å². The zero-order valence-corrected chi connectivity index (χ0v) is 8.69. The van der Waals surface area contributed by atoms with Gasteiger partial charge in [-0.1, -0.05) is 11.3 Å². The van der Waals surface area contributed by atoms with Gasteiger partial charge >= 0.3 is 0 Å². The first-order valence-corrected chi connectivity index (χ1v) is 5.21. The van der Waals surface area contributed by atoms with E-state index in [1.807, 2.05) is 16.5 Å². The minimum absolute atomic E-state index is 0.378. The highest BCUT2D eigenvalue weighted by Crippen LogP contribution is 2.27. The summed E-state index contributed by atoms with van der Waals surface area (Å²) in [5, 5.41) is 25.6. The molecule has 0 unspecified atom stereocenters. The molecule has 16 heavy (non-hydrogen) atoms. The maximum absolute atomic E-state index is 8.93. The van der Waals surface area contributed by atoms with Crippen molar-refractivity contribution in [1.82, 2.24) is 14.6 Å². The molecule has 5 nitrogen and oxygen atoms in total. The Kier molecular flexibility index (Phi) is 1.67. The molecule has 0 aliphatic rings. The van der Waals surface area contributed by atoms with Crippen molar-refractivity contribution in [1.29, 1.82) is 10.5 Å². The average molecular weight is 225 g/mol. The second-order valence-electron chi connectivity index (χ2n) is 3.17. The number of thiazole rings is 1. The molecular formula is C10H3N5S. The van der Waals surface area contributed by atoms with E-state index in [0.717, 1.165) is 15.2 Å². The summed E-state index contributed by atoms with van der Waals surface area (Å²) in [5.41, 5.74) is 1.64. The Labute approximate surface area is 93.8 Å². The van der Waals surface area contributed by atoms with E-state index in [-0.39, 0.29) is 0 Å². The van der Waals surface area contributed by atoms with Gasteiger partial charge in [0.2, 0.25) is 4.96 Å². The average Bonchev–Trinajstić information content (AvgIpc) is 2.87. The second-order valence-corrected chi connectivity index (χ2v) is 4.18. The molecule has 0 radical (unpaired) electrons. The number of benzene rings is 1. The first-order chi connectivity index (χ1) is 7.83. The van der Waals surface area contributed by atoms with E-state index < -0.39 is 0 Å². The third-order valence-corrected chi connectivity index (χ3v) is 3.33. The summed E-state index contributed by atoms with van der Waals surface area (Å²) < 4.78 is 2.74. The Morgan fingerprint density at radius 3 is 2.69 bits per heavy atom. The highest BCUT2D eigenvalue weighted by atomic mass is 32.1. The predicted molar refractivity (Wildman–Crippen MR) is 57.8 cm³/mol. The molecule has 0 amide bonds. The summed E-state index contributed by atoms with van der Waals surface area (Å²) in [6.07, 6.45) is 1.60. The largest absolute Gasteiger partial charge is 0.272 e. The Bertz CT molecular complexity index is 783. The first kappa shape index (κ1) is 8.84. The van der Waals surface area contributed by atoms with Crippen LogP contribution in [0, 0.1) is 22.7 Å². The molecule has 0 saturated heterocycles. The van der Waals surface area contributed by atoms with Gasteiger partial charge in [-0.2, -0.15) is 10.5 Å². The maximum atomic E-state index is 8.93. The van der Waals surface area contributed by atoms with Crippen molar-refractivity contribution in [3.63, 3.8) is 0 Å². The summed E-state index contributed by atoms with van der Waals surface area (Å²) in [6.45, 7) is 0. The van der Waals surface area contributed by atoms with Crippen LogP contribution in [0.2, 0.25) is 0 Å². The van der Waals surface area contributed by atoms with Gasteiger partial charge < -0.3 is 0 Å². The Balaban J connectivity index is 2.52. The molecule has 0 spiro atoms. The third-order valence-electron chi connectivity index (χ3n) is 2.32. The van der Waals surface area contributed by atoms with E-state index >= 15 is 0 Å². The van der Waals surface area contributed by atoms with Gasteiger partial charge in [0.25, 0.3) is 0 Å². The van der Waals surface area contributed by atoms with E-state index in [9.17, 15) is 0 Å². The Morgan fingerprint density at radius 2 is 1.94 bits per heavy atom. The van der Waals surface area contributed by atoms with E-state index in [0.29, 0.717) is 11.1 Å². The standard InChI is InChI=1S/C10H3N5S/c11-3-6-1-8-9(2-7(6)4-12)16-10-14-13-5-15(8)10/h1-2,5H. The first-order valence-electron chi connectivity index (χ1n) is 4.40. The number of hydrogen-bond donors (Lipinski definition) is 0. The van der Waals surface area contributed by atoms with Crippen LogP contribution in [0.4, 0.5) is 0 Å². The molecule has 0 fully saturated rings. The number of fused-ring (bicyclic) bond motifs is 3. The molecule has 3 aromatic rings. The summed E-state index contributed by atoms with van der Waals surface area (Å²) in [6, 6.07) is 7.44. The molecule has 0 bridgehead atoms. The molecule has 0 atom stereocenters. The van der Waals surface area contributed by atoms with Crippen molar-refractivity contribution in [2.24, 2.45) is 0 Å². The smallest absolute Gasteiger partial charge is 0.217 e. The lowest BCUT2D eigenvalue weighted by Crippen LogP contribution is -1.85. The minimum Gasteiger partial charge on any atom is -0.272 e. The maximum Gasteiger partial charge on any atom is 0.217 e. The minimum atomic E-state index is 0.378. The normalized spacial score (nSPS) is 10.4. The molecule has 3 rings (SSSR count). The lowest BCUT2D eigenvalue weighted by atomic mass is 10.1. The Hall–Kier alpha value is -2.44. The molecule has 6 heteroatoms. The van der Waals surface area contributed by atoms with Gasteiger partial charge in [0, 0.05) is 0 Å². The number of nitriles is 2. The summed E-state index contributed by atoms with van der Waals surface area (Å²) >= 11 is 1.45. The molecule has 0 aliphatic heterocycles. The molecular weight excluding hydrogens is 222 g/mol. The fourth-order valence-electron chi connectivity index (χ4n) is 1.58. The number of nitrogens with zero attached hydrogens (tertiary/aromatic N) is 5. The van der Waals surface area contributed by atoms with Gasteiger partial charge in [0.05, 0.1) is 21.3 Å². The quantitative estimate of drug-likeness (QED) is 0.583. The summed E-state index contributed by atoms with van der Waals surface area (Å²) in [4.78, 5) is 0.758. The van der Waals surface area contributed by atoms with Gasteiger partial charge in [-0.3, -0.25) is 4.40 Å². The molecule has 0 aliphatic carbocycles. The van der Waals surface area contributed by atoms with Crippen LogP contribution in [0.3, 0.4) is 0 Å². The van der Waals surface area contributed by atoms with Crippen LogP contribution in [0.15, 0.2) is 18.5 Å². The van der Waals surface area contributed by atoms with Crippen molar-refractivity contribution < 1.29 is 0 Å². The van der Waals surface area contributed by atoms with E-state index in [4.69, 9.17) is 10.5 Å². The van der Waals surface area contributed by atoms with Crippen molar-refractivity contribution in [3.05, 3.63) is 29.6 Å². The van der Waals surface area contributed by atoms with Gasteiger partial charge in [0.15, 0.2) is 0 Å². The molecule has 74 valence electrons. The fraction of sp³-hybridized carbons (Fsp3) is 0. The lowest BCUT2D eigenvalue weighted by Gasteiger charge is -1.94. The lowest BCUT2D eigenvalue weighted by molar-refractivity contribution is 1.11. The van der Waals surface area contributed by atoms with Crippen LogP contribution < -0.4 is 0 Å². The SMILES string of the molecule is N#Cc1cc2sc3nncn3c2cc1C#N. The second kappa shape index (κ2) is 3.02. The van der Waals surface area contributed by atoms with Crippen LogP contribution in [0.25, 0.3) is 15.2 Å². The van der Waals surface area contributed by atoms with Crippen molar-refractivity contribution in [2.45, 2.75) is 0 Å². The number of hydrogen-bond acceptors (Lipinski definition) is 5. The van der Waals surface area contributed by atoms with E-state index in [2.05, 4.69) is 10.2 Å². The van der Waals surface area contributed by atoms with Crippen molar-refractivity contribution in [2.75, 3.05) is 0 Å². The third kappa shape index (κ3) is 1.02. The zero-order chi connectivity index (χ0) is 11.1. The fourth-order valence-corrected chi connectivity index (χ4v) is 2.55. The van der Waals surface area contributed by atoms with E-state index in [1.165, 1.54) is 11.3 Å². The predicted octanol–water partition coefficient (Wildman–Crippen LogP) is 1.69. The van der Waals surface area contributed by atoms with Crippen LogP contribution in [0.1, 0.15) is 11.1 Å². The molecule has 1 aromatic carbocycles. The highest BCUT2D eigenvalue weighted by Gasteiger charge is 2.10. The molecule has 2 aromatic heterocycles. The van der Waals surface area contributed by atoms with Gasteiger partial charge in [-0.15, -0.1) is 10.2 Å². The summed E-state index contributed by atoms with van der Waals surface area (Å²) in [7, 11) is 0. The monoisotopic (exact) mass is 225 g/mol. The van der Waals surface area contributed by atoms with Crippen LogP contribution in [-0.4, -0.2) is 14.6 Å². The molecule has 0 saturated carbocycles. The zero-order valence-electron chi connectivity index (χ0n) is 7.88. The molecule has 2 heterocycles. The van der Waals surface area contributed by atoms with Crippen molar-refractivity contribution >= 4 is 26.5 Å². The number of aromatic nitrogens is 3. The van der Waals surface area contributed by atoms with Crippen LogP contribution in [0.5, 0.6) is 0 Å². The Morgan fingerprint density at radius 1 is 1.19 bits per heavy atom. The highest BCUT2D eigenvalue weighted by molar-refractivity contribution is 7.23. The van der Waals surface area contributed by atoms with E-state index in [1.54, 1.807) is 18.5 Å². The van der Waals surface area contributed by atoms with Gasteiger partial charge in [-0.25, -0.2) is 0 Å². The van der Waals surface area contributed by atoms with Gasteiger partial charge in [-0.05, 0) is 12.1 Å². The van der Waals surface area contributed by atoms with Gasteiger partial charge in [0.1, 0.15) is 18.5 Å². The molecule has 0 N–H and O–H groups in total. The van der Waals surface area contributed by atoms with Crippen LogP contribution >= 0.6 is 11.3 Å². The number of rotatable bonds is 0.